The van der Waals surface area contributed by atoms with E-state index < -0.39 is 53.4 Å². The zero-order valence-electron chi connectivity index (χ0n) is 21.3. The van der Waals surface area contributed by atoms with Crippen LogP contribution in [-0.4, -0.2) is 46.8 Å². The van der Waals surface area contributed by atoms with Crippen LogP contribution in [0.1, 0.15) is 31.9 Å². The molecule has 3 aromatic rings. The number of carbonyl (C=O) groups is 2. The molecular weight excluding hydrogens is 502 g/mol. The highest BCUT2D eigenvalue weighted by molar-refractivity contribution is 5.89. The van der Waals surface area contributed by atoms with Crippen LogP contribution >= 0.6 is 0 Å². The van der Waals surface area contributed by atoms with Crippen molar-refractivity contribution in [3.8, 4) is 11.3 Å². The van der Waals surface area contributed by atoms with Crippen molar-refractivity contribution in [1.82, 2.24) is 15.1 Å². The number of hydrogen-bond donors (Lipinski definition) is 1. The second-order valence-corrected chi connectivity index (χ2v) is 9.80. The first-order valence-electron chi connectivity index (χ1n) is 12.3. The van der Waals surface area contributed by atoms with Gasteiger partial charge in [-0.05, 0) is 24.6 Å². The Bertz CT molecular complexity index is 1270. The Morgan fingerprint density at radius 2 is 1.68 bits per heavy atom. The smallest absolute Gasteiger partial charge is 0.244 e. The Hall–Kier alpha value is -3.66. The first-order valence-corrected chi connectivity index (χ1v) is 12.3. The Morgan fingerprint density at radius 3 is 2.26 bits per heavy atom. The fraction of sp³-hybridized carbons (Fsp3) is 0.357. The summed E-state index contributed by atoms with van der Waals surface area (Å²) in [6.45, 7) is 4.98. The molecule has 1 aliphatic rings. The summed E-state index contributed by atoms with van der Waals surface area (Å²) in [6, 6.07) is 9.73. The number of amides is 2. The number of halogens is 4. The zero-order chi connectivity index (χ0) is 27.6. The lowest BCUT2D eigenvalue weighted by Gasteiger charge is -2.45. The molecule has 0 bridgehead atoms. The summed E-state index contributed by atoms with van der Waals surface area (Å²) in [5, 5.41) is 2.84. The molecule has 2 unspecified atom stereocenters. The van der Waals surface area contributed by atoms with Gasteiger partial charge in [0.25, 0.3) is 0 Å². The molecule has 2 atom stereocenters. The molecule has 1 N–H and O–H groups in total. The van der Waals surface area contributed by atoms with Gasteiger partial charge in [-0.3, -0.25) is 14.5 Å². The Labute approximate surface area is 218 Å². The molecule has 1 fully saturated rings. The van der Waals surface area contributed by atoms with Gasteiger partial charge in [0.15, 0.2) is 23.3 Å². The zero-order valence-corrected chi connectivity index (χ0v) is 21.3. The van der Waals surface area contributed by atoms with Crippen LogP contribution in [0, 0.1) is 29.2 Å². The predicted molar refractivity (Wildman–Crippen MR) is 132 cm³/mol. The molecule has 1 aliphatic heterocycles. The van der Waals surface area contributed by atoms with Gasteiger partial charge in [0.1, 0.15) is 11.8 Å². The summed E-state index contributed by atoms with van der Waals surface area (Å²) < 4.78 is 61.6. The molecule has 0 spiro atoms. The summed E-state index contributed by atoms with van der Waals surface area (Å²) in [5.41, 5.74) is 0.938. The normalized spacial score (nSPS) is 18.2. The number of furan rings is 1. The second-order valence-electron chi connectivity index (χ2n) is 9.80. The molecule has 1 saturated heterocycles. The third kappa shape index (κ3) is 5.75. The van der Waals surface area contributed by atoms with E-state index in [2.05, 4.69) is 5.32 Å². The maximum Gasteiger partial charge on any atom is 0.244 e. The molecule has 2 aromatic carbocycles. The molecule has 0 saturated carbocycles. The Morgan fingerprint density at radius 1 is 1.03 bits per heavy atom. The molecular formula is C28H29F4N3O3. The minimum absolute atomic E-state index is 0.0664. The predicted octanol–water partition coefficient (Wildman–Crippen LogP) is 4.88. The van der Waals surface area contributed by atoms with Crippen molar-refractivity contribution in [1.29, 1.82) is 0 Å². The van der Waals surface area contributed by atoms with Gasteiger partial charge < -0.3 is 14.6 Å². The van der Waals surface area contributed by atoms with Crippen LogP contribution in [0.15, 0.2) is 53.1 Å². The average molecular weight is 532 g/mol. The lowest BCUT2D eigenvalue weighted by Crippen LogP contribution is -2.64. The highest BCUT2D eigenvalue weighted by atomic mass is 19.2. The van der Waals surface area contributed by atoms with E-state index >= 15 is 0 Å². The molecule has 0 radical (unpaired) electrons. The maximum absolute atomic E-state index is 14.3. The Kier molecular flexibility index (Phi) is 8.20. The summed E-state index contributed by atoms with van der Waals surface area (Å²) >= 11 is 0. The maximum atomic E-state index is 14.3. The van der Waals surface area contributed by atoms with Gasteiger partial charge in [0.05, 0.1) is 6.26 Å². The fourth-order valence-electron chi connectivity index (χ4n) is 4.70. The van der Waals surface area contributed by atoms with Crippen molar-refractivity contribution in [2.75, 3.05) is 13.1 Å². The molecule has 6 nitrogen and oxygen atoms in total. The number of nitrogens with zero attached hydrogens (tertiary/aromatic N) is 2. The minimum Gasteiger partial charge on any atom is -0.464 e. The first kappa shape index (κ1) is 27.4. The van der Waals surface area contributed by atoms with Crippen LogP contribution in [-0.2, 0) is 22.7 Å². The SMILES string of the molecule is CC(C)C(=O)N1C(C)CN(Cc2c(F)c(F)cc(F)c2F)CC1C(=O)NCc1ccc(-c2ccco2)cc1. The highest BCUT2D eigenvalue weighted by Gasteiger charge is 2.40. The van der Waals surface area contributed by atoms with Crippen molar-refractivity contribution in [2.45, 2.75) is 45.9 Å². The highest BCUT2D eigenvalue weighted by Crippen LogP contribution is 2.25. The second kappa shape index (κ2) is 11.4. The van der Waals surface area contributed by atoms with E-state index in [0.717, 1.165) is 11.1 Å². The third-order valence-electron chi connectivity index (χ3n) is 6.63. The van der Waals surface area contributed by atoms with Gasteiger partial charge in [-0.2, -0.15) is 0 Å². The number of rotatable bonds is 7. The van der Waals surface area contributed by atoms with Gasteiger partial charge in [-0.25, -0.2) is 17.6 Å². The van der Waals surface area contributed by atoms with E-state index in [9.17, 15) is 27.2 Å². The lowest BCUT2D eigenvalue weighted by atomic mass is 10.0. The fourth-order valence-corrected chi connectivity index (χ4v) is 4.70. The Balaban J connectivity index is 1.51. The largest absolute Gasteiger partial charge is 0.464 e. The van der Waals surface area contributed by atoms with Crippen LogP contribution in [0.5, 0.6) is 0 Å². The molecule has 2 amide bonds. The van der Waals surface area contributed by atoms with Crippen LogP contribution in [0.25, 0.3) is 11.3 Å². The molecule has 4 rings (SSSR count). The van der Waals surface area contributed by atoms with Crippen molar-refractivity contribution in [3.05, 3.63) is 83.1 Å². The summed E-state index contributed by atoms with van der Waals surface area (Å²) in [5.74, 6) is -6.30. The first-order chi connectivity index (χ1) is 18.1. The van der Waals surface area contributed by atoms with Gasteiger partial charge in [0.2, 0.25) is 11.8 Å². The number of benzene rings is 2. The van der Waals surface area contributed by atoms with Crippen LogP contribution < -0.4 is 5.32 Å². The van der Waals surface area contributed by atoms with E-state index in [-0.39, 0.29) is 37.5 Å². The number of nitrogens with one attached hydrogen (secondary N) is 1. The van der Waals surface area contributed by atoms with Crippen molar-refractivity contribution < 1.29 is 31.6 Å². The van der Waals surface area contributed by atoms with Gasteiger partial charge >= 0.3 is 0 Å². The van der Waals surface area contributed by atoms with Crippen molar-refractivity contribution in [2.24, 2.45) is 5.92 Å². The van der Waals surface area contributed by atoms with E-state index in [1.165, 1.54) is 9.80 Å². The quantitative estimate of drug-likeness (QED) is 0.349. The summed E-state index contributed by atoms with van der Waals surface area (Å²) in [7, 11) is 0. The van der Waals surface area contributed by atoms with E-state index in [0.29, 0.717) is 5.76 Å². The minimum atomic E-state index is -1.49. The summed E-state index contributed by atoms with van der Waals surface area (Å²) in [6.07, 6.45) is 1.58. The third-order valence-corrected chi connectivity index (χ3v) is 6.63. The molecule has 1 aromatic heterocycles. The molecule has 10 heteroatoms. The van der Waals surface area contributed by atoms with Crippen LogP contribution in [0.4, 0.5) is 17.6 Å². The van der Waals surface area contributed by atoms with Gasteiger partial charge in [-0.1, -0.05) is 38.1 Å². The number of hydrogen-bond acceptors (Lipinski definition) is 4. The number of piperazine rings is 1. The van der Waals surface area contributed by atoms with E-state index in [1.807, 2.05) is 30.3 Å². The molecule has 2 heterocycles. The van der Waals surface area contributed by atoms with Crippen molar-refractivity contribution in [3.63, 3.8) is 0 Å². The monoisotopic (exact) mass is 531 g/mol. The molecule has 38 heavy (non-hydrogen) atoms. The number of carbonyl (C=O) groups excluding carboxylic acids is 2. The standard InChI is InChI=1S/C28H29F4N3O3/c1-16(2)28(37)35-17(3)13-34(14-20-25(31)21(29)11-22(30)26(20)32)15-23(35)27(36)33-12-18-6-8-19(9-7-18)24-5-4-10-38-24/h4-11,16-17,23H,12-15H2,1-3H3,(H,33,36). The molecule has 202 valence electrons. The lowest BCUT2D eigenvalue weighted by molar-refractivity contribution is -0.150. The van der Waals surface area contributed by atoms with Gasteiger partial charge in [0, 0.05) is 55.3 Å². The average Bonchev–Trinajstić information content (AvgIpc) is 3.43. The summed E-state index contributed by atoms with van der Waals surface area (Å²) in [4.78, 5) is 29.3. The van der Waals surface area contributed by atoms with E-state index in [4.69, 9.17) is 4.42 Å². The van der Waals surface area contributed by atoms with Gasteiger partial charge in [-0.15, -0.1) is 0 Å². The van der Waals surface area contributed by atoms with Crippen LogP contribution in [0.3, 0.4) is 0 Å². The van der Waals surface area contributed by atoms with Crippen LogP contribution in [0.2, 0.25) is 0 Å². The topological polar surface area (TPSA) is 65.8 Å². The molecule has 0 aliphatic carbocycles. The van der Waals surface area contributed by atoms with E-state index in [1.54, 1.807) is 33.1 Å². The van der Waals surface area contributed by atoms with Crippen molar-refractivity contribution >= 4 is 11.8 Å².